The second-order valence-electron chi connectivity index (χ2n) is 4.64. The highest BCUT2D eigenvalue weighted by atomic mass is 32.2. The lowest BCUT2D eigenvalue weighted by molar-refractivity contribution is -0.132. The molecule has 94 valence electrons. The van der Waals surface area contributed by atoms with Gasteiger partial charge in [-0.2, -0.15) is 5.26 Å². The van der Waals surface area contributed by atoms with E-state index >= 15 is 0 Å². The van der Waals surface area contributed by atoms with E-state index < -0.39 is 20.7 Å². The zero-order valence-corrected chi connectivity index (χ0v) is 10.9. The Labute approximate surface area is 106 Å². The fourth-order valence-electron chi connectivity index (χ4n) is 1.82. The molecule has 0 bridgehead atoms. The lowest BCUT2D eigenvalue weighted by atomic mass is 10.1. The molecule has 0 aliphatic carbocycles. The molecule has 1 aromatic carbocycles. The number of hydrogen-bond acceptors (Lipinski definition) is 4. The van der Waals surface area contributed by atoms with Gasteiger partial charge in [0.05, 0.1) is 18.2 Å². The van der Waals surface area contributed by atoms with Crippen molar-refractivity contribution in [2.24, 2.45) is 0 Å². The summed E-state index contributed by atoms with van der Waals surface area (Å²) < 4.78 is 23.3. The Morgan fingerprint density at radius 2 is 2.06 bits per heavy atom. The first-order chi connectivity index (χ1) is 8.30. The molecule has 0 atom stereocenters. The lowest BCUT2D eigenvalue weighted by Crippen LogP contribution is -2.66. The van der Waals surface area contributed by atoms with Gasteiger partial charge in [0.15, 0.2) is 4.75 Å². The topological polar surface area (TPSA) is 78.2 Å². The number of amides is 1. The number of sulfonamides is 1. The standard InChI is InChI=1S/C12H12N2O3S/c1-12(2)11(15)14(18(12,16)17)8-10-5-3-4-9(6-10)7-13/h3-6H,8H2,1-2H3. The Balaban J connectivity index is 2.27. The third kappa shape index (κ3) is 1.59. The summed E-state index contributed by atoms with van der Waals surface area (Å²) in [5.74, 6) is -0.412. The molecule has 0 aromatic heterocycles. The Hall–Kier alpha value is -1.87. The zero-order chi connectivity index (χ0) is 13.6. The number of carbonyl (C=O) groups is 1. The second kappa shape index (κ2) is 3.82. The molecule has 0 radical (unpaired) electrons. The van der Waals surface area contributed by atoms with Crippen LogP contribution in [0.3, 0.4) is 0 Å². The van der Waals surface area contributed by atoms with E-state index in [0.29, 0.717) is 11.1 Å². The molecule has 2 rings (SSSR count). The van der Waals surface area contributed by atoms with Crippen molar-refractivity contribution in [1.29, 1.82) is 5.26 Å². The fourth-order valence-corrected chi connectivity index (χ4v) is 3.33. The van der Waals surface area contributed by atoms with Gasteiger partial charge in [0, 0.05) is 0 Å². The maximum Gasteiger partial charge on any atom is 0.259 e. The molecule has 1 aliphatic rings. The van der Waals surface area contributed by atoms with E-state index in [1.165, 1.54) is 13.8 Å². The molecule has 5 nitrogen and oxygen atoms in total. The molecular formula is C12H12N2O3S. The van der Waals surface area contributed by atoms with Gasteiger partial charge in [0.25, 0.3) is 15.9 Å². The predicted octanol–water partition coefficient (Wildman–Crippen LogP) is 1.01. The summed E-state index contributed by atoms with van der Waals surface area (Å²) in [7, 11) is -3.57. The van der Waals surface area contributed by atoms with Crippen LogP contribution in [0.15, 0.2) is 24.3 Å². The van der Waals surface area contributed by atoms with Crippen LogP contribution in [0.2, 0.25) is 0 Å². The number of benzene rings is 1. The van der Waals surface area contributed by atoms with Gasteiger partial charge >= 0.3 is 0 Å². The zero-order valence-electron chi connectivity index (χ0n) is 10.0. The van der Waals surface area contributed by atoms with E-state index in [0.717, 1.165) is 4.31 Å². The number of nitriles is 1. The smallest absolute Gasteiger partial charge is 0.259 e. The van der Waals surface area contributed by atoms with Crippen LogP contribution in [-0.4, -0.2) is 23.4 Å². The van der Waals surface area contributed by atoms with Gasteiger partial charge < -0.3 is 0 Å². The number of nitrogens with zero attached hydrogens (tertiary/aromatic N) is 2. The number of rotatable bonds is 2. The molecular weight excluding hydrogens is 252 g/mol. The largest absolute Gasteiger partial charge is 0.272 e. The number of hydrogen-bond donors (Lipinski definition) is 0. The van der Waals surface area contributed by atoms with E-state index in [1.54, 1.807) is 24.3 Å². The van der Waals surface area contributed by atoms with E-state index in [-0.39, 0.29) is 6.54 Å². The van der Waals surface area contributed by atoms with Crippen molar-refractivity contribution in [3.05, 3.63) is 35.4 Å². The van der Waals surface area contributed by atoms with E-state index in [9.17, 15) is 13.2 Å². The third-order valence-electron chi connectivity index (χ3n) is 3.06. The van der Waals surface area contributed by atoms with Gasteiger partial charge in [-0.05, 0) is 31.5 Å². The van der Waals surface area contributed by atoms with Gasteiger partial charge in [0.1, 0.15) is 0 Å². The molecule has 1 heterocycles. The second-order valence-corrected chi connectivity index (χ2v) is 7.05. The summed E-state index contributed by atoms with van der Waals surface area (Å²) in [4.78, 5) is 11.7. The predicted molar refractivity (Wildman–Crippen MR) is 64.7 cm³/mol. The van der Waals surface area contributed by atoms with Gasteiger partial charge in [-0.3, -0.25) is 4.79 Å². The van der Waals surface area contributed by atoms with Crippen LogP contribution in [0.5, 0.6) is 0 Å². The minimum absolute atomic E-state index is 0.0138. The van der Waals surface area contributed by atoms with Gasteiger partial charge in [-0.1, -0.05) is 12.1 Å². The van der Waals surface area contributed by atoms with Crippen LogP contribution in [0, 0.1) is 11.3 Å². The highest BCUT2D eigenvalue weighted by molar-refractivity contribution is 7.94. The minimum Gasteiger partial charge on any atom is -0.272 e. The van der Waals surface area contributed by atoms with Crippen LogP contribution in [0.25, 0.3) is 0 Å². The Kier molecular flexibility index (Phi) is 2.67. The Morgan fingerprint density at radius 1 is 1.39 bits per heavy atom. The van der Waals surface area contributed by atoms with E-state index in [4.69, 9.17) is 5.26 Å². The van der Waals surface area contributed by atoms with Gasteiger partial charge in [-0.15, -0.1) is 0 Å². The molecule has 1 saturated heterocycles. The van der Waals surface area contributed by atoms with Crippen LogP contribution in [-0.2, 0) is 21.4 Å². The minimum atomic E-state index is -3.57. The van der Waals surface area contributed by atoms with E-state index in [1.807, 2.05) is 6.07 Å². The number of carbonyl (C=O) groups excluding carboxylic acids is 1. The van der Waals surface area contributed by atoms with Crippen LogP contribution in [0.4, 0.5) is 0 Å². The highest BCUT2D eigenvalue weighted by Gasteiger charge is 2.59. The maximum atomic E-state index is 11.9. The van der Waals surface area contributed by atoms with E-state index in [2.05, 4.69) is 0 Å². The average molecular weight is 264 g/mol. The Morgan fingerprint density at radius 3 is 2.61 bits per heavy atom. The quantitative estimate of drug-likeness (QED) is 0.798. The molecule has 1 aliphatic heterocycles. The van der Waals surface area contributed by atoms with Crippen molar-refractivity contribution >= 4 is 15.9 Å². The molecule has 0 N–H and O–H groups in total. The van der Waals surface area contributed by atoms with Crippen molar-refractivity contribution in [2.75, 3.05) is 0 Å². The first-order valence-corrected chi connectivity index (χ1v) is 6.80. The third-order valence-corrected chi connectivity index (χ3v) is 5.40. The SMILES string of the molecule is CC1(C)C(=O)N(Cc2cccc(C#N)c2)S1(=O)=O. The first kappa shape index (κ1) is 12.6. The lowest BCUT2D eigenvalue weighted by Gasteiger charge is -2.43. The Bertz CT molecular complexity index is 656. The van der Waals surface area contributed by atoms with Crippen molar-refractivity contribution < 1.29 is 13.2 Å². The fraction of sp³-hybridized carbons (Fsp3) is 0.333. The summed E-state index contributed by atoms with van der Waals surface area (Å²) in [6.07, 6.45) is 0. The molecule has 1 aromatic rings. The van der Waals surface area contributed by atoms with Gasteiger partial charge in [-0.25, -0.2) is 12.7 Å². The van der Waals surface area contributed by atoms with Gasteiger partial charge in [0.2, 0.25) is 0 Å². The summed E-state index contributed by atoms with van der Waals surface area (Å²) >= 11 is 0. The monoisotopic (exact) mass is 264 g/mol. The molecule has 0 spiro atoms. The van der Waals surface area contributed by atoms with Crippen molar-refractivity contribution in [1.82, 2.24) is 4.31 Å². The van der Waals surface area contributed by atoms with Crippen LogP contribution >= 0.6 is 0 Å². The van der Waals surface area contributed by atoms with Crippen molar-refractivity contribution in [3.8, 4) is 6.07 Å². The molecule has 1 amide bonds. The summed E-state index contributed by atoms with van der Waals surface area (Å²) in [6, 6.07) is 8.53. The highest BCUT2D eigenvalue weighted by Crippen LogP contribution is 2.35. The van der Waals surface area contributed by atoms with Crippen molar-refractivity contribution in [2.45, 2.75) is 25.1 Å². The molecule has 18 heavy (non-hydrogen) atoms. The molecule has 1 fully saturated rings. The summed E-state index contributed by atoms with van der Waals surface area (Å²) in [6.45, 7) is 2.78. The summed E-state index contributed by atoms with van der Waals surface area (Å²) in [5, 5.41) is 8.76. The first-order valence-electron chi connectivity index (χ1n) is 5.36. The van der Waals surface area contributed by atoms with Crippen LogP contribution < -0.4 is 0 Å². The normalized spacial score (nSPS) is 20.1. The molecule has 0 unspecified atom stereocenters. The van der Waals surface area contributed by atoms with Crippen LogP contribution in [0.1, 0.15) is 25.0 Å². The molecule has 6 heteroatoms. The molecule has 0 saturated carbocycles. The average Bonchev–Trinajstić information content (AvgIpc) is 2.35. The summed E-state index contributed by atoms with van der Waals surface area (Å²) in [5.41, 5.74) is 1.07. The van der Waals surface area contributed by atoms with Crippen molar-refractivity contribution in [3.63, 3.8) is 0 Å². The maximum absolute atomic E-state index is 11.9.